The summed E-state index contributed by atoms with van der Waals surface area (Å²) in [5.41, 5.74) is 0.106. The van der Waals surface area contributed by atoms with Gasteiger partial charge in [0, 0.05) is 22.5 Å². The highest BCUT2D eigenvalue weighted by Gasteiger charge is 2.43. The lowest BCUT2D eigenvalue weighted by Gasteiger charge is -2.37. The first-order chi connectivity index (χ1) is 9.06. The van der Waals surface area contributed by atoms with Gasteiger partial charge in [0.05, 0.1) is 5.56 Å². The maximum Gasteiger partial charge on any atom is 0.257 e. The molecule has 19 heavy (non-hydrogen) atoms. The van der Waals surface area contributed by atoms with Gasteiger partial charge in [0.1, 0.15) is 5.82 Å². The summed E-state index contributed by atoms with van der Waals surface area (Å²) in [5, 5.41) is 0.438. The van der Waals surface area contributed by atoms with E-state index in [9.17, 15) is 9.18 Å². The molecule has 1 amide bonds. The number of amides is 1. The zero-order valence-electron chi connectivity index (χ0n) is 10.3. The van der Waals surface area contributed by atoms with Crippen LogP contribution in [-0.4, -0.2) is 28.3 Å². The van der Waals surface area contributed by atoms with Crippen molar-refractivity contribution in [2.75, 3.05) is 0 Å². The van der Waals surface area contributed by atoms with E-state index < -0.39 is 5.82 Å². The summed E-state index contributed by atoms with van der Waals surface area (Å²) in [5.74, 6) is -0.782. The largest absolute Gasteiger partial charge is 0.332 e. The molecule has 0 spiro atoms. The van der Waals surface area contributed by atoms with Gasteiger partial charge < -0.3 is 4.90 Å². The van der Waals surface area contributed by atoms with Gasteiger partial charge in [0.25, 0.3) is 5.91 Å². The second kappa shape index (κ2) is 4.95. The van der Waals surface area contributed by atoms with Gasteiger partial charge in [-0.1, -0.05) is 11.6 Å². The molecule has 2 heterocycles. The normalized spacial score (nSPS) is 29.6. The van der Waals surface area contributed by atoms with E-state index in [-0.39, 0.29) is 28.9 Å². The SMILES string of the molecule is O=C(c1ccc(Cl)cc1F)N1C2CCC1CC(Cl)C2. The molecule has 2 aliphatic rings. The Morgan fingerprint density at radius 3 is 2.47 bits per heavy atom. The Kier molecular flexibility index (Phi) is 3.44. The number of carbonyl (C=O) groups excluding carboxylic acids is 1. The van der Waals surface area contributed by atoms with E-state index >= 15 is 0 Å². The van der Waals surface area contributed by atoms with Crippen LogP contribution in [0, 0.1) is 5.82 Å². The molecule has 2 bridgehead atoms. The average Bonchev–Trinajstić information content (AvgIpc) is 2.61. The van der Waals surface area contributed by atoms with Crippen LogP contribution < -0.4 is 0 Å². The third kappa shape index (κ3) is 2.34. The Hall–Kier alpha value is -0.800. The number of rotatable bonds is 1. The van der Waals surface area contributed by atoms with Gasteiger partial charge in [0.2, 0.25) is 0 Å². The van der Waals surface area contributed by atoms with Gasteiger partial charge in [-0.3, -0.25) is 4.79 Å². The molecule has 0 aliphatic carbocycles. The van der Waals surface area contributed by atoms with Crippen LogP contribution in [0.4, 0.5) is 4.39 Å². The number of fused-ring (bicyclic) bond motifs is 2. The average molecular weight is 302 g/mol. The van der Waals surface area contributed by atoms with Crippen LogP contribution in [0.25, 0.3) is 0 Å². The molecule has 102 valence electrons. The molecule has 2 unspecified atom stereocenters. The number of hydrogen-bond donors (Lipinski definition) is 0. The minimum atomic E-state index is -0.551. The number of hydrogen-bond acceptors (Lipinski definition) is 1. The highest BCUT2D eigenvalue weighted by molar-refractivity contribution is 6.30. The van der Waals surface area contributed by atoms with Crippen LogP contribution in [-0.2, 0) is 0 Å². The molecule has 2 aliphatic heterocycles. The maximum atomic E-state index is 13.8. The van der Waals surface area contributed by atoms with Gasteiger partial charge in [-0.15, -0.1) is 11.6 Å². The lowest BCUT2D eigenvalue weighted by atomic mass is 10.0. The third-order valence-electron chi connectivity index (χ3n) is 4.07. The molecule has 1 aromatic carbocycles. The lowest BCUT2D eigenvalue weighted by molar-refractivity contribution is 0.0595. The van der Waals surface area contributed by atoms with Crippen LogP contribution >= 0.6 is 23.2 Å². The monoisotopic (exact) mass is 301 g/mol. The van der Waals surface area contributed by atoms with E-state index in [1.54, 1.807) is 6.07 Å². The first kappa shape index (κ1) is 13.2. The molecule has 5 heteroatoms. The molecular formula is C14H14Cl2FNO. The summed E-state index contributed by atoms with van der Waals surface area (Å²) < 4.78 is 13.8. The van der Waals surface area contributed by atoms with Gasteiger partial charge in [-0.05, 0) is 43.9 Å². The number of benzene rings is 1. The van der Waals surface area contributed by atoms with Crippen molar-refractivity contribution in [3.8, 4) is 0 Å². The van der Waals surface area contributed by atoms with E-state index in [0.717, 1.165) is 25.7 Å². The smallest absolute Gasteiger partial charge is 0.257 e. The van der Waals surface area contributed by atoms with E-state index in [1.807, 2.05) is 4.90 Å². The minimum Gasteiger partial charge on any atom is -0.332 e. The van der Waals surface area contributed by atoms with Crippen LogP contribution in [0.1, 0.15) is 36.0 Å². The topological polar surface area (TPSA) is 20.3 Å². The van der Waals surface area contributed by atoms with Crippen LogP contribution in [0.2, 0.25) is 5.02 Å². The number of carbonyl (C=O) groups is 1. The Morgan fingerprint density at radius 1 is 1.26 bits per heavy atom. The summed E-state index contributed by atoms with van der Waals surface area (Å²) in [6, 6.07) is 4.51. The Balaban J connectivity index is 1.88. The third-order valence-corrected chi connectivity index (χ3v) is 4.66. The first-order valence-corrected chi connectivity index (χ1v) is 7.29. The van der Waals surface area contributed by atoms with Crippen molar-refractivity contribution in [2.45, 2.75) is 43.1 Å². The Bertz CT molecular complexity index is 508. The van der Waals surface area contributed by atoms with E-state index in [0.29, 0.717) is 5.02 Å². The van der Waals surface area contributed by atoms with Crippen molar-refractivity contribution in [1.29, 1.82) is 0 Å². The predicted octanol–water partition coefficient (Wildman–Crippen LogP) is 3.85. The van der Waals surface area contributed by atoms with Gasteiger partial charge >= 0.3 is 0 Å². The second-order valence-corrected chi connectivity index (χ2v) is 6.34. The van der Waals surface area contributed by atoms with Crippen molar-refractivity contribution in [1.82, 2.24) is 4.90 Å². The van der Waals surface area contributed by atoms with Gasteiger partial charge in [-0.25, -0.2) is 4.39 Å². The van der Waals surface area contributed by atoms with Crippen molar-refractivity contribution in [3.05, 3.63) is 34.6 Å². The standard InChI is InChI=1S/C14H14Cl2FNO/c15-8-1-4-12(13(17)7-8)14(19)18-10-2-3-11(18)6-9(16)5-10/h1,4,7,9-11H,2-3,5-6H2. The minimum absolute atomic E-state index is 0.106. The zero-order chi connectivity index (χ0) is 13.6. The second-order valence-electron chi connectivity index (χ2n) is 5.29. The fourth-order valence-corrected chi connectivity index (χ4v) is 3.81. The van der Waals surface area contributed by atoms with Crippen LogP contribution in [0.15, 0.2) is 18.2 Å². The summed E-state index contributed by atoms with van der Waals surface area (Å²) >= 11 is 11.9. The summed E-state index contributed by atoms with van der Waals surface area (Å²) in [6.45, 7) is 0. The number of nitrogens with zero attached hydrogens (tertiary/aromatic N) is 1. The highest BCUT2D eigenvalue weighted by atomic mass is 35.5. The molecule has 3 rings (SSSR count). The van der Waals surface area contributed by atoms with E-state index in [1.165, 1.54) is 12.1 Å². The van der Waals surface area contributed by atoms with E-state index in [2.05, 4.69) is 0 Å². The summed E-state index contributed by atoms with van der Waals surface area (Å²) in [6.07, 6.45) is 3.54. The van der Waals surface area contributed by atoms with Crippen LogP contribution in [0.5, 0.6) is 0 Å². The van der Waals surface area contributed by atoms with Crippen molar-refractivity contribution >= 4 is 29.1 Å². The molecule has 1 aromatic rings. The molecule has 0 N–H and O–H groups in total. The molecular weight excluding hydrogens is 288 g/mol. The fraction of sp³-hybridized carbons (Fsp3) is 0.500. The Labute approximate surface area is 121 Å². The van der Waals surface area contributed by atoms with Gasteiger partial charge in [0.15, 0.2) is 0 Å². The van der Waals surface area contributed by atoms with Crippen molar-refractivity contribution < 1.29 is 9.18 Å². The summed E-state index contributed by atoms with van der Waals surface area (Å²) in [4.78, 5) is 14.3. The summed E-state index contributed by atoms with van der Waals surface area (Å²) in [7, 11) is 0. The lowest BCUT2D eigenvalue weighted by Crippen LogP contribution is -2.47. The number of piperidine rings is 1. The number of halogens is 3. The molecule has 2 atom stereocenters. The molecule has 2 fully saturated rings. The first-order valence-electron chi connectivity index (χ1n) is 6.48. The quantitative estimate of drug-likeness (QED) is 0.722. The molecule has 2 saturated heterocycles. The van der Waals surface area contributed by atoms with Crippen LogP contribution in [0.3, 0.4) is 0 Å². The maximum absolute atomic E-state index is 13.8. The van der Waals surface area contributed by atoms with Crippen molar-refractivity contribution in [3.63, 3.8) is 0 Å². The Morgan fingerprint density at radius 2 is 1.89 bits per heavy atom. The molecule has 0 aromatic heterocycles. The fourth-order valence-electron chi connectivity index (χ4n) is 3.24. The van der Waals surface area contributed by atoms with Crippen molar-refractivity contribution in [2.24, 2.45) is 0 Å². The van der Waals surface area contributed by atoms with Gasteiger partial charge in [-0.2, -0.15) is 0 Å². The zero-order valence-corrected chi connectivity index (χ0v) is 11.8. The highest BCUT2D eigenvalue weighted by Crippen LogP contribution is 2.38. The number of alkyl halides is 1. The molecule has 0 radical (unpaired) electrons. The molecule has 0 saturated carbocycles. The predicted molar refractivity (Wildman–Crippen MR) is 73.3 cm³/mol. The van der Waals surface area contributed by atoms with E-state index in [4.69, 9.17) is 23.2 Å². The molecule has 2 nitrogen and oxygen atoms in total.